The third kappa shape index (κ3) is 3.48. The van der Waals surface area contributed by atoms with E-state index in [1.807, 2.05) is 0 Å². The Hall–Kier alpha value is -0.570. The van der Waals surface area contributed by atoms with Crippen LogP contribution in [0.25, 0.3) is 0 Å². The summed E-state index contributed by atoms with van der Waals surface area (Å²) in [6.07, 6.45) is 5.19. The maximum atomic E-state index is 11.1. The van der Waals surface area contributed by atoms with Crippen molar-refractivity contribution in [2.75, 3.05) is 0 Å². The van der Waals surface area contributed by atoms with Crippen LogP contribution in [-0.2, 0) is 4.79 Å². The fourth-order valence-corrected chi connectivity index (χ4v) is 2.48. The standard InChI is InChI=1S/C13H25NO2/c1-4-5-6-12(13(15)16)14-11-8-7-10(11)9(2)3/h9-12,14H,4-8H2,1-3H3,(H,15,16). The normalized spacial score (nSPS) is 26.5. The van der Waals surface area contributed by atoms with Crippen LogP contribution in [-0.4, -0.2) is 23.2 Å². The van der Waals surface area contributed by atoms with Crippen molar-refractivity contribution < 1.29 is 9.90 Å². The molecule has 0 bridgehead atoms. The van der Waals surface area contributed by atoms with Crippen LogP contribution in [0.1, 0.15) is 52.9 Å². The second kappa shape index (κ2) is 6.24. The van der Waals surface area contributed by atoms with Gasteiger partial charge in [0, 0.05) is 6.04 Å². The first kappa shape index (κ1) is 13.5. The molecule has 1 saturated carbocycles. The van der Waals surface area contributed by atoms with E-state index in [0.29, 0.717) is 17.9 Å². The molecule has 0 aliphatic heterocycles. The third-order valence-corrected chi connectivity index (χ3v) is 3.74. The van der Waals surface area contributed by atoms with Gasteiger partial charge >= 0.3 is 5.97 Å². The van der Waals surface area contributed by atoms with Crippen molar-refractivity contribution in [3.8, 4) is 0 Å². The Labute approximate surface area is 98.6 Å². The zero-order valence-electron chi connectivity index (χ0n) is 10.7. The Morgan fingerprint density at radius 1 is 1.44 bits per heavy atom. The van der Waals surface area contributed by atoms with E-state index in [1.54, 1.807) is 0 Å². The van der Waals surface area contributed by atoms with Crippen LogP contribution in [0.3, 0.4) is 0 Å². The molecular formula is C13H25NO2. The number of nitrogens with one attached hydrogen (secondary N) is 1. The summed E-state index contributed by atoms with van der Waals surface area (Å²) in [5.41, 5.74) is 0. The van der Waals surface area contributed by atoms with Gasteiger partial charge in [-0.1, -0.05) is 33.6 Å². The molecular weight excluding hydrogens is 202 g/mol. The summed E-state index contributed by atoms with van der Waals surface area (Å²) in [6, 6.07) is 0.0875. The molecule has 1 rings (SSSR count). The molecule has 94 valence electrons. The first-order valence-electron chi connectivity index (χ1n) is 6.55. The van der Waals surface area contributed by atoms with E-state index < -0.39 is 5.97 Å². The van der Waals surface area contributed by atoms with Gasteiger partial charge in [0.15, 0.2) is 0 Å². The predicted octanol–water partition coefficient (Wildman–Crippen LogP) is 2.65. The summed E-state index contributed by atoms with van der Waals surface area (Å²) in [6.45, 7) is 6.54. The zero-order chi connectivity index (χ0) is 12.1. The lowest BCUT2D eigenvalue weighted by atomic mass is 9.72. The Kier molecular flexibility index (Phi) is 5.26. The minimum absolute atomic E-state index is 0.341. The van der Waals surface area contributed by atoms with Gasteiger partial charge in [-0.25, -0.2) is 0 Å². The van der Waals surface area contributed by atoms with Crippen molar-refractivity contribution in [1.82, 2.24) is 5.32 Å². The summed E-state index contributed by atoms with van der Waals surface area (Å²) in [7, 11) is 0. The van der Waals surface area contributed by atoms with Crippen molar-refractivity contribution in [2.45, 2.75) is 65.0 Å². The van der Waals surface area contributed by atoms with E-state index in [1.165, 1.54) is 6.42 Å². The first-order valence-corrected chi connectivity index (χ1v) is 6.55. The molecule has 1 aliphatic carbocycles. The highest BCUT2D eigenvalue weighted by Crippen LogP contribution is 2.34. The molecule has 0 spiro atoms. The van der Waals surface area contributed by atoms with E-state index >= 15 is 0 Å². The van der Waals surface area contributed by atoms with E-state index in [4.69, 9.17) is 5.11 Å². The highest BCUT2D eigenvalue weighted by molar-refractivity contribution is 5.73. The summed E-state index contributed by atoms with van der Waals surface area (Å²) in [4.78, 5) is 11.1. The lowest BCUT2D eigenvalue weighted by molar-refractivity contribution is -0.140. The quantitative estimate of drug-likeness (QED) is 0.703. The van der Waals surface area contributed by atoms with Crippen LogP contribution in [0.2, 0.25) is 0 Å². The van der Waals surface area contributed by atoms with Gasteiger partial charge in [0.25, 0.3) is 0 Å². The van der Waals surface area contributed by atoms with Crippen LogP contribution < -0.4 is 5.32 Å². The van der Waals surface area contributed by atoms with Crippen molar-refractivity contribution in [3.63, 3.8) is 0 Å². The van der Waals surface area contributed by atoms with Crippen LogP contribution in [0.15, 0.2) is 0 Å². The lowest BCUT2D eigenvalue weighted by Crippen LogP contribution is -2.52. The van der Waals surface area contributed by atoms with Crippen molar-refractivity contribution in [2.24, 2.45) is 11.8 Å². The monoisotopic (exact) mass is 227 g/mol. The Morgan fingerprint density at radius 2 is 2.12 bits per heavy atom. The van der Waals surface area contributed by atoms with Gasteiger partial charge in [-0.2, -0.15) is 0 Å². The molecule has 0 amide bonds. The van der Waals surface area contributed by atoms with Crippen LogP contribution in [0, 0.1) is 11.8 Å². The molecule has 3 atom stereocenters. The molecule has 3 nitrogen and oxygen atoms in total. The molecule has 0 saturated heterocycles. The van der Waals surface area contributed by atoms with E-state index in [-0.39, 0.29) is 6.04 Å². The highest BCUT2D eigenvalue weighted by atomic mass is 16.4. The Morgan fingerprint density at radius 3 is 2.50 bits per heavy atom. The van der Waals surface area contributed by atoms with Crippen LogP contribution in [0.4, 0.5) is 0 Å². The second-order valence-corrected chi connectivity index (χ2v) is 5.29. The number of carboxylic acid groups (broad SMARTS) is 1. The maximum Gasteiger partial charge on any atom is 0.320 e. The largest absolute Gasteiger partial charge is 0.480 e. The lowest BCUT2D eigenvalue weighted by Gasteiger charge is -2.41. The number of hydrogen-bond acceptors (Lipinski definition) is 2. The molecule has 1 aliphatic rings. The average molecular weight is 227 g/mol. The third-order valence-electron chi connectivity index (χ3n) is 3.74. The number of rotatable bonds is 7. The molecule has 0 heterocycles. The number of carbonyl (C=O) groups is 1. The first-order chi connectivity index (χ1) is 7.56. The molecule has 3 unspecified atom stereocenters. The van der Waals surface area contributed by atoms with E-state index in [2.05, 4.69) is 26.1 Å². The van der Waals surface area contributed by atoms with Crippen LogP contribution in [0.5, 0.6) is 0 Å². The summed E-state index contributed by atoms with van der Waals surface area (Å²) < 4.78 is 0. The highest BCUT2D eigenvalue weighted by Gasteiger charge is 2.35. The molecule has 3 heteroatoms. The Bertz CT molecular complexity index is 228. The topological polar surface area (TPSA) is 49.3 Å². The van der Waals surface area contributed by atoms with Crippen molar-refractivity contribution in [1.29, 1.82) is 0 Å². The van der Waals surface area contributed by atoms with Gasteiger partial charge in [0.1, 0.15) is 6.04 Å². The van der Waals surface area contributed by atoms with Gasteiger partial charge in [0.05, 0.1) is 0 Å². The van der Waals surface area contributed by atoms with Crippen LogP contribution >= 0.6 is 0 Å². The number of hydrogen-bond donors (Lipinski definition) is 2. The van der Waals surface area contributed by atoms with Gasteiger partial charge in [-0.15, -0.1) is 0 Å². The molecule has 1 fully saturated rings. The SMILES string of the molecule is CCCCC(NC1CCC1C(C)C)C(=O)O. The van der Waals surface area contributed by atoms with Crippen molar-refractivity contribution >= 4 is 5.97 Å². The number of unbranched alkanes of at least 4 members (excludes halogenated alkanes) is 1. The fourth-order valence-electron chi connectivity index (χ4n) is 2.48. The molecule has 2 N–H and O–H groups in total. The van der Waals surface area contributed by atoms with Crippen molar-refractivity contribution in [3.05, 3.63) is 0 Å². The van der Waals surface area contributed by atoms with E-state index in [9.17, 15) is 4.79 Å². The smallest absolute Gasteiger partial charge is 0.320 e. The molecule has 0 radical (unpaired) electrons. The maximum absolute atomic E-state index is 11.1. The second-order valence-electron chi connectivity index (χ2n) is 5.29. The van der Waals surface area contributed by atoms with Gasteiger partial charge in [0.2, 0.25) is 0 Å². The Balaban J connectivity index is 2.39. The fraction of sp³-hybridized carbons (Fsp3) is 0.923. The number of carboxylic acids is 1. The molecule has 0 aromatic heterocycles. The van der Waals surface area contributed by atoms with Gasteiger partial charge in [-0.05, 0) is 31.1 Å². The zero-order valence-corrected chi connectivity index (χ0v) is 10.7. The summed E-state index contributed by atoms with van der Waals surface area (Å²) in [5, 5.41) is 12.5. The molecule has 16 heavy (non-hydrogen) atoms. The summed E-state index contributed by atoms with van der Waals surface area (Å²) >= 11 is 0. The number of aliphatic carboxylic acids is 1. The van der Waals surface area contributed by atoms with Gasteiger partial charge < -0.3 is 10.4 Å². The average Bonchev–Trinajstić information content (AvgIpc) is 2.14. The van der Waals surface area contributed by atoms with E-state index in [0.717, 1.165) is 25.7 Å². The minimum Gasteiger partial charge on any atom is -0.480 e. The molecule has 0 aromatic carbocycles. The summed E-state index contributed by atoms with van der Waals surface area (Å²) in [5.74, 6) is 0.637. The predicted molar refractivity (Wildman–Crippen MR) is 65.4 cm³/mol. The molecule has 0 aromatic rings. The minimum atomic E-state index is -0.692. The van der Waals surface area contributed by atoms with Gasteiger partial charge in [-0.3, -0.25) is 4.79 Å².